The topological polar surface area (TPSA) is 560 Å². The highest BCUT2D eigenvalue weighted by molar-refractivity contribution is 6.13. The molecule has 45 heteroatoms. The molecule has 0 radical (unpaired) electrons. The third kappa shape index (κ3) is 57.8. The normalized spacial score (nSPS) is 12.9. The molecule has 0 saturated carbocycles. The fraction of sp³-hybridized carbons (Fsp3) is 0.678. The number of hydrogen-bond donors (Lipinski definition) is 9. The lowest BCUT2D eigenvalue weighted by atomic mass is 10.0. The molecule has 132 heavy (non-hydrogen) atoms. The van der Waals surface area contributed by atoms with Crippen molar-refractivity contribution < 1.29 is 157 Å². The van der Waals surface area contributed by atoms with Crippen LogP contribution in [0, 0.1) is 16.0 Å². The molecule has 0 aliphatic carbocycles. The van der Waals surface area contributed by atoms with Crippen LogP contribution < -0.4 is 52.6 Å². The molecule has 0 saturated heterocycles. The lowest BCUT2D eigenvalue weighted by molar-refractivity contribution is -0.384. The number of rotatable bonds is 76. The number of nitrogens with zero attached hydrogens (tertiary/aromatic N) is 2. The summed E-state index contributed by atoms with van der Waals surface area (Å²) in [4.78, 5) is 192. The van der Waals surface area contributed by atoms with Gasteiger partial charge in [-0.3, -0.25) is 77.3 Å². The van der Waals surface area contributed by atoms with E-state index < -0.39 is 130 Å². The summed E-state index contributed by atoms with van der Waals surface area (Å²) in [6.07, 6.45) is 0.627. The molecule has 0 aromatic heterocycles. The number of nitrogens with one attached hydrogen (secondary N) is 9. The van der Waals surface area contributed by atoms with Crippen LogP contribution in [-0.4, -0.2) is 346 Å². The van der Waals surface area contributed by atoms with Gasteiger partial charge < -0.3 is 133 Å². The number of carbonyl (C=O) groups excluding carboxylic acids is 14. The number of nitro groups is 1. The van der Waals surface area contributed by atoms with Crippen molar-refractivity contribution in [3.05, 3.63) is 75.9 Å². The zero-order valence-corrected chi connectivity index (χ0v) is 77.6. The van der Waals surface area contributed by atoms with Gasteiger partial charge in [0.2, 0.25) is 47.3 Å². The van der Waals surface area contributed by atoms with Crippen LogP contribution >= 0.6 is 0 Å². The monoisotopic (exact) mass is 1880 g/mol. The SMILES string of the molecule is COCCOCCOCCOCCOCCOCCOCCOCCNC(=O)c1cc(NC(=O)[C@H](C)NC(=O)[C@@H](NC(=O)CCOCCOCCNC(=O)[C@H](CCC(=O)OC(C)(C)C)NC(=O)CCOCCOCCNC(=O)[C@H](CCC(=O)OC(C)(C)C)NC(=O)CCOCCOCCNC(=O)CCCN2C(=O)C=CC2=O)C(C)C)ccc1COC(=O)Oc1ccc([N+](=O)[O-])cc1. The molecular formula is C87H137N11O34. The van der Waals surface area contributed by atoms with Gasteiger partial charge in [-0.15, -0.1) is 0 Å². The van der Waals surface area contributed by atoms with Gasteiger partial charge in [0.15, 0.2) is 0 Å². The molecule has 744 valence electrons. The Labute approximate surface area is 769 Å². The summed E-state index contributed by atoms with van der Waals surface area (Å²) >= 11 is 0. The van der Waals surface area contributed by atoms with E-state index in [-0.39, 0.29) is 217 Å². The second-order valence-corrected chi connectivity index (χ2v) is 31.4. The van der Waals surface area contributed by atoms with Crippen molar-refractivity contribution in [3.63, 3.8) is 0 Å². The Bertz CT molecular complexity index is 3810. The number of amides is 11. The molecular weight excluding hydrogens is 1740 g/mol. The molecule has 2 aromatic carbocycles. The summed E-state index contributed by atoms with van der Waals surface area (Å²) in [6.45, 7) is 21.0. The van der Waals surface area contributed by atoms with Gasteiger partial charge in [0.05, 0.1) is 183 Å². The summed E-state index contributed by atoms with van der Waals surface area (Å²) in [7, 11) is 1.61. The number of benzene rings is 2. The molecule has 0 unspecified atom stereocenters. The third-order valence-electron chi connectivity index (χ3n) is 17.7. The van der Waals surface area contributed by atoms with E-state index in [2.05, 4.69) is 47.9 Å². The first-order valence-electron chi connectivity index (χ1n) is 43.9. The Morgan fingerprint density at radius 3 is 1.21 bits per heavy atom. The van der Waals surface area contributed by atoms with Crippen molar-refractivity contribution in [2.75, 3.05) is 224 Å². The van der Waals surface area contributed by atoms with E-state index >= 15 is 0 Å². The summed E-state index contributed by atoms with van der Waals surface area (Å²) in [5, 5.41) is 35.1. The van der Waals surface area contributed by atoms with Crippen LogP contribution in [0.15, 0.2) is 54.6 Å². The third-order valence-corrected chi connectivity index (χ3v) is 17.7. The highest BCUT2D eigenvalue weighted by atomic mass is 16.7. The molecule has 0 spiro atoms. The van der Waals surface area contributed by atoms with Gasteiger partial charge in [-0.2, -0.15) is 0 Å². The molecule has 9 N–H and O–H groups in total. The number of imide groups is 1. The molecule has 4 atom stereocenters. The van der Waals surface area contributed by atoms with Crippen LogP contribution in [0.25, 0.3) is 0 Å². The minimum Gasteiger partial charge on any atom is -0.460 e. The molecule has 2 aromatic rings. The quantitative estimate of drug-likeness (QED) is 0.00869. The standard InChI is InChI=1S/C87H137N11O34/c1-62(2)79(84(111)92-63(3)80(107)93-65-14-13-64(61-129-85(112)130-67-17-15-66(16-18-67)98(113)114)68(60-65)81(108)89-29-37-120-48-49-124-52-53-126-56-57-128-59-58-127-55-54-125-51-50-123-41-40-115-10)96-74(102)27-35-118-44-47-122-39-31-91-83(110)70(20-24-78(106)132-87(7,8)9)95-73(101)26-34-117-43-46-121-38-30-90-82(109)69(19-23-77(105)131-86(4,5)6)94-72(100)25-33-116-42-45-119-36-28-88-71(99)12-11-32-97-75(103)21-22-76(97)104/h13-18,21-22,60,62-63,69-70,79H,11-12,19-20,23-59,61H2,1-10H3,(H,88,99)(H,89,108)(H,90,109)(H,91,110)(H,92,111)(H,93,107)(H,94,100)(H,95,101)(H,96,102)/t63-,69-,70-,79-/m0/s1. The number of anilines is 1. The highest BCUT2D eigenvalue weighted by Gasteiger charge is 2.31. The maximum absolute atomic E-state index is 13.7. The van der Waals surface area contributed by atoms with Crippen LogP contribution in [0.2, 0.25) is 0 Å². The number of ether oxygens (including phenoxy) is 18. The number of methoxy groups -OCH3 is 1. The van der Waals surface area contributed by atoms with Crippen LogP contribution in [0.3, 0.4) is 0 Å². The molecule has 45 nitrogen and oxygen atoms in total. The Morgan fingerprint density at radius 1 is 0.424 bits per heavy atom. The van der Waals surface area contributed by atoms with Gasteiger partial charge in [-0.05, 0) is 97.9 Å². The lowest BCUT2D eigenvalue weighted by Crippen LogP contribution is -2.53. The van der Waals surface area contributed by atoms with Crippen molar-refractivity contribution in [2.24, 2.45) is 5.92 Å². The van der Waals surface area contributed by atoms with Gasteiger partial charge >= 0.3 is 18.1 Å². The van der Waals surface area contributed by atoms with Crippen molar-refractivity contribution in [2.45, 2.75) is 162 Å². The van der Waals surface area contributed by atoms with E-state index in [1.54, 1.807) is 62.5 Å². The molecule has 1 aliphatic heterocycles. The Kier molecular flexibility index (Phi) is 60.9. The van der Waals surface area contributed by atoms with E-state index in [1.165, 1.54) is 49.4 Å². The largest absolute Gasteiger partial charge is 0.514 e. The minimum atomic E-state index is -1.19. The van der Waals surface area contributed by atoms with Crippen molar-refractivity contribution in [1.29, 1.82) is 0 Å². The first-order valence-corrected chi connectivity index (χ1v) is 43.9. The zero-order valence-electron chi connectivity index (χ0n) is 77.6. The molecule has 0 fully saturated rings. The molecule has 0 bridgehead atoms. The van der Waals surface area contributed by atoms with Crippen LogP contribution in [-0.2, 0) is 145 Å². The van der Waals surface area contributed by atoms with Crippen molar-refractivity contribution >= 4 is 94.4 Å². The average molecular weight is 1880 g/mol. The predicted octanol–water partition coefficient (Wildman–Crippen LogP) is 1.92. The second kappa shape index (κ2) is 69.5. The van der Waals surface area contributed by atoms with Crippen LogP contribution in [0.4, 0.5) is 16.2 Å². The number of non-ortho nitro benzene ring substituents is 1. The average Bonchev–Trinajstić information content (AvgIpc) is 0.875. The van der Waals surface area contributed by atoms with Crippen LogP contribution in [0.1, 0.15) is 136 Å². The summed E-state index contributed by atoms with van der Waals surface area (Å²) in [5.41, 5.74) is -1.54. The second-order valence-electron chi connectivity index (χ2n) is 31.4. The van der Waals surface area contributed by atoms with Gasteiger partial charge in [-0.25, -0.2) is 4.79 Å². The summed E-state index contributed by atoms with van der Waals surface area (Å²) in [5.74, 6) is -7.54. The van der Waals surface area contributed by atoms with E-state index in [4.69, 9.17) is 85.3 Å². The van der Waals surface area contributed by atoms with E-state index in [0.29, 0.717) is 85.7 Å². The highest BCUT2D eigenvalue weighted by Crippen LogP contribution is 2.22. The van der Waals surface area contributed by atoms with Gasteiger partial charge in [0.25, 0.3) is 23.4 Å². The van der Waals surface area contributed by atoms with Gasteiger partial charge in [0, 0.05) is 119 Å². The maximum Gasteiger partial charge on any atom is 0.514 e. The van der Waals surface area contributed by atoms with Gasteiger partial charge in [0.1, 0.15) is 47.7 Å². The Balaban J connectivity index is 1.37. The molecule has 1 aliphatic rings. The number of nitro benzene ring substituents is 1. The number of carbonyl (C=O) groups is 14. The molecule has 3 rings (SSSR count). The van der Waals surface area contributed by atoms with E-state index in [9.17, 15) is 77.2 Å². The Hall–Kier alpha value is -10.4. The molecule has 1 heterocycles. The lowest BCUT2D eigenvalue weighted by Gasteiger charge is -2.24. The van der Waals surface area contributed by atoms with Gasteiger partial charge in [-0.1, -0.05) is 19.9 Å². The van der Waals surface area contributed by atoms with E-state index in [1.807, 2.05) is 0 Å². The fourth-order valence-electron chi connectivity index (χ4n) is 11.2. The first-order chi connectivity index (χ1) is 63.1. The number of esters is 2. The first kappa shape index (κ1) is 116. The van der Waals surface area contributed by atoms with Crippen molar-refractivity contribution in [3.8, 4) is 5.75 Å². The van der Waals surface area contributed by atoms with E-state index in [0.717, 1.165) is 17.0 Å². The fourth-order valence-corrected chi connectivity index (χ4v) is 11.2. The summed E-state index contributed by atoms with van der Waals surface area (Å²) < 4.78 is 97.9. The van der Waals surface area contributed by atoms with Crippen molar-refractivity contribution in [1.82, 2.24) is 47.4 Å². The number of hydrogen-bond acceptors (Lipinski definition) is 34. The zero-order chi connectivity index (χ0) is 97.2. The predicted molar refractivity (Wildman–Crippen MR) is 470 cm³/mol. The smallest absolute Gasteiger partial charge is 0.460 e. The van der Waals surface area contributed by atoms with Crippen LogP contribution in [0.5, 0.6) is 5.75 Å². The molecule has 11 amide bonds. The summed E-state index contributed by atoms with van der Waals surface area (Å²) in [6, 6.07) is 4.34. The maximum atomic E-state index is 13.7. The Morgan fingerprint density at radius 2 is 0.811 bits per heavy atom. The minimum absolute atomic E-state index is 0.00139.